The first-order valence-corrected chi connectivity index (χ1v) is 6.34. The third kappa shape index (κ3) is 2.57. The summed E-state index contributed by atoms with van der Waals surface area (Å²) in [5.41, 5.74) is 0.498. The van der Waals surface area contributed by atoms with E-state index in [2.05, 4.69) is 10.3 Å². The number of alkyl halides is 3. The van der Waals surface area contributed by atoms with Crippen molar-refractivity contribution in [2.45, 2.75) is 32.4 Å². The monoisotopic (exact) mass is 282 g/mol. The first-order valence-electron chi connectivity index (χ1n) is 6.34. The second-order valence-electron chi connectivity index (χ2n) is 5.75. The van der Waals surface area contributed by atoms with Crippen molar-refractivity contribution >= 4 is 16.6 Å². The topological polar surface area (TPSA) is 24.9 Å². The number of aromatic nitrogens is 1. The van der Waals surface area contributed by atoms with Crippen LogP contribution in [0.5, 0.6) is 0 Å². The van der Waals surface area contributed by atoms with Crippen molar-refractivity contribution in [3.05, 3.63) is 35.5 Å². The molecule has 1 aromatic carbocycles. The Morgan fingerprint density at radius 3 is 2.25 bits per heavy atom. The van der Waals surface area contributed by atoms with Gasteiger partial charge in [0.25, 0.3) is 0 Å². The quantitative estimate of drug-likeness (QED) is 0.827. The van der Waals surface area contributed by atoms with Gasteiger partial charge in [-0.05, 0) is 17.0 Å². The van der Waals surface area contributed by atoms with Crippen LogP contribution in [0.15, 0.2) is 24.3 Å². The van der Waals surface area contributed by atoms with Gasteiger partial charge in [-0.15, -0.1) is 0 Å². The van der Waals surface area contributed by atoms with Crippen LogP contribution in [-0.2, 0) is 11.6 Å². The molecular formula is C15H17F3N2. The van der Waals surface area contributed by atoms with Gasteiger partial charge in [-0.25, -0.2) is 4.98 Å². The van der Waals surface area contributed by atoms with Gasteiger partial charge in [0, 0.05) is 18.1 Å². The van der Waals surface area contributed by atoms with E-state index in [1.807, 2.05) is 32.9 Å². The molecule has 2 aromatic rings. The van der Waals surface area contributed by atoms with Crippen LogP contribution < -0.4 is 5.32 Å². The summed E-state index contributed by atoms with van der Waals surface area (Å²) in [6, 6.07) is 6.51. The second kappa shape index (κ2) is 4.65. The highest BCUT2D eigenvalue weighted by molar-refractivity contribution is 5.94. The average molecular weight is 282 g/mol. The minimum Gasteiger partial charge on any atom is -0.388 e. The Morgan fingerprint density at radius 2 is 1.75 bits per heavy atom. The molecule has 0 aliphatic heterocycles. The van der Waals surface area contributed by atoms with Gasteiger partial charge in [0.1, 0.15) is 5.69 Å². The highest BCUT2D eigenvalue weighted by Crippen LogP contribution is 2.36. The maximum absolute atomic E-state index is 13.0. The highest BCUT2D eigenvalue weighted by atomic mass is 19.4. The summed E-state index contributed by atoms with van der Waals surface area (Å²) in [6.45, 7) is 5.88. The number of anilines is 1. The first kappa shape index (κ1) is 14.6. The lowest BCUT2D eigenvalue weighted by Crippen LogP contribution is -2.15. The van der Waals surface area contributed by atoms with Crippen molar-refractivity contribution in [2.75, 3.05) is 12.4 Å². The lowest BCUT2D eigenvalue weighted by Gasteiger charge is -2.22. The molecule has 0 radical (unpaired) electrons. The van der Waals surface area contributed by atoms with E-state index in [1.54, 1.807) is 13.1 Å². The maximum Gasteiger partial charge on any atom is 0.433 e. The molecule has 2 nitrogen and oxygen atoms in total. The van der Waals surface area contributed by atoms with Gasteiger partial charge in [-0.1, -0.05) is 39.0 Å². The average Bonchev–Trinajstić information content (AvgIpc) is 2.34. The summed E-state index contributed by atoms with van der Waals surface area (Å²) in [5.74, 6) is 0. The van der Waals surface area contributed by atoms with Gasteiger partial charge >= 0.3 is 6.18 Å². The SMILES string of the molecule is CNc1cc(C(F)(F)F)nc2c(C(C)(C)C)cccc12. The Labute approximate surface area is 116 Å². The standard InChI is InChI=1S/C15H17F3N2/c1-14(2,3)10-7-5-6-9-11(19-4)8-12(15(16,17)18)20-13(9)10/h5-8H,1-4H3,(H,19,20). The van der Waals surface area contributed by atoms with Crippen LogP contribution in [0.25, 0.3) is 10.9 Å². The number of hydrogen-bond acceptors (Lipinski definition) is 2. The fraction of sp³-hybridized carbons (Fsp3) is 0.400. The van der Waals surface area contributed by atoms with Crippen molar-refractivity contribution in [1.82, 2.24) is 4.98 Å². The van der Waals surface area contributed by atoms with E-state index in [0.29, 0.717) is 16.6 Å². The molecular weight excluding hydrogens is 265 g/mol. The molecule has 1 heterocycles. The smallest absolute Gasteiger partial charge is 0.388 e. The van der Waals surface area contributed by atoms with Gasteiger partial charge < -0.3 is 5.32 Å². The molecule has 2 rings (SSSR count). The molecule has 0 spiro atoms. The van der Waals surface area contributed by atoms with E-state index < -0.39 is 11.9 Å². The summed E-state index contributed by atoms with van der Waals surface area (Å²) in [4.78, 5) is 3.86. The number of rotatable bonds is 1. The highest BCUT2D eigenvalue weighted by Gasteiger charge is 2.34. The Kier molecular flexibility index (Phi) is 3.40. The van der Waals surface area contributed by atoms with Crippen molar-refractivity contribution in [3.8, 4) is 0 Å². The largest absolute Gasteiger partial charge is 0.433 e. The zero-order valence-electron chi connectivity index (χ0n) is 11.9. The van der Waals surface area contributed by atoms with Gasteiger partial charge in [-0.2, -0.15) is 13.2 Å². The number of fused-ring (bicyclic) bond motifs is 1. The molecule has 20 heavy (non-hydrogen) atoms. The number of halogens is 3. The molecule has 0 bridgehead atoms. The molecule has 0 aliphatic carbocycles. The number of nitrogens with zero attached hydrogens (tertiary/aromatic N) is 1. The van der Waals surface area contributed by atoms with E-state index >= 15 is 0 Å². The molecule has 1 aromatic heterocycles. The molecule has 0 aliphatic rings. The predicted octanol–water partition coefficient (Wildman–Crippen LogP) is 4.59. The third-order valence-electron chi connectivity index (χ3n) is 3.21. The number of hydrogen-bond donors (Lipinski definition) is 1. The van der Waals surface area contributed by atoms with E-state index in [9.17, 15) is 13.2 Å². The number of nitrogens with one attached hydrogen (secondary N) is 1. The molecule has 0 saturated heterocycles. The second-order valence-corrected chi connectivity index (χ2v) is 5.75. The molecule has 0 saturated carbocycles. The van der Waals surface area contributed by atoms with Gasteiger partial charge in [0.05, 0.1) is 5.52 Å². The Bertz CT molecular complexity index is 640. The summed E-state index contributed by atoms with van der Waals surface area (Å²) in [7, 11) is 1.61. The van der Waals surface area contributed by atoms with Crippen LogP contribution in [0.2, 0.25) is 0 Å². The maximum atomic E-state index is 13.0. The number of benzene rings is 1. The molecule has 5 heteroatoms. The number of pyridine rings is 1. The van der Waals surface area contributed by atoms with E-state index in [0.717, 1.165) is 11.6 Å². The molecule has 0 unspecified atom stereocenters. The Balaban J connectivity index is 2.87. The molecule has 0 fully saturated rings. The minimum absolute atomic E-state index is 0.276. The van der Waals surface area contributed by atoms with Crippen LogP contribution in [0.4, 0.5) is 18.9 Å². The zero-order chi connectivity index (χ0) is 15.1. The van der Waals surface area contributed by atoms with Crippen molar-refractivity contribution in [2.24, 2.45) is 0 Å². The van der Waals surface area contributed by atoms with Crippen LogP contribution in [0.3, 0.4) is 0 Å². The predicted molar refractivity (Wildman–Crippen MR) is 75.0 cm³/mol. The molecule has 0 amide bonds. The van der Waals surface area contributed by atoms with Crippen LogP contribution in [-0.4, -0.2) is 12.0 Å². The summed E-state index contributed by atoms with van der Waals surface area (Å²) in [6.07, 6.45) is -4.45. The summed E-state index contributed by atoms with van der Waals surface area (Å²) < 4.78 is 38.9. The molecule has 108 valence electrons. The lowest BCUT2D eigenvalue weighted by atomic mass is 9.85. The van der Waals surface area contributed by atoms with E-state index in [1.165, 1.54) is 0 Å². The van der Waals surface area contributed by atoms with Crippen LogP contribution >= 0.6 is 0 Å². The normalized spacial score (nSPS) is 12.8. The fourth-order valence-electron chi connectivity index (χ4n) is 2.21. The van der Waals surface area contributed by atoms with Crippen molar-refractivity contribution < 1.29 is 13.2 Å². The van der Waals surface area contributed by atoms with Crippen LogP contribution in [0, 0.1) is 0 Å². The molecule has 0 atom stereocenters. The van der Waals surface area contributed by atoms with E-state index in [-0.39, 0.29) is 5.41 Å². The molecule has 1 N–H and O–H groups in total. The van der Waals surface area contributed by atoms with Crippen LogP contribution in [0.1, 0.15) is 32.0 Å². The van der Waals surface area contributed by atoms with E-state index in [4.69, 9.17) is 0 Å². The lowest BCUT2D eigenvalue weighted by molar-refractivity contribution is -0.140. The van der Waals surface area contributed by atoms with Gasteiger partial charge in [0.2, 0.25) is 0 Å². The van der Waals surface area contributed by atoms with Crippen molar-refractivity contribution in [1.29, 1.82) is 0 Å². The third-order valence-corrected chi connectivity index (χ3v) is 3.21. The Hall–Kier alpha value is -1.78. The van der Waals surface area contributed by atoms with Gasteiger partial charge in [0.15, 0.2) is 0 Å². The Morgan fingerprint density at radius 1 is 1.10 bits per heavy atom. The minimum atomic E-state index is -4.45. The summed E-state index contributed by atoms with van der Waals surface area (Å²) in [5, 5.41) is 3.52. The summed E-state index contributed by atoms with van der Waals surface area (Å²) >= 11 is 0. The zero-order valence-corrected chi connectivity index (χ0v) is 11.9. The number of para-hydroxylation sites is 1. The first-order chi connectivity index (χ1) is 9.14. The fourth-order valence-corrected chi connectivity index (χ4v) is 2.21. The van der Waals surface area contributed by atoms with Gasteiger partial charge in [-0.3, -0.25) is 0 Å². The van der Waals surface area contributed by atoms with Crippen molar-refractivity contribution in [3.63, 3.8) is 0 Å².